The van der Waals surface area contributed by atoms with Gasteiger partial charge in [0.15, 0.2) is 0 Å². The third-order valence-corrected chi connectivity index (χ3v) is 4.24. The van der Waals surface area contributed by atoms with E-state index in [2.05, 4.69) is 5.32 Å². The summed E-state index contributed by atoms with van der Waals surface area (Å²) in [4.78, 5) is 11.9. The van der Waals surface area contributed by atoms with Crippen LogP contribution in [0.1, 0.15) is 54.4 Å². The summed E-state index contributed by atoms with van der Waals surface area (Å²) in [7, 11) is 0. The topological polar surface area (TPSA) is 29.1 Å². The van der Waals surface area contributed by atoms with Crippen molar-refractivity contribution in [2.75, 3.05) is 6.54 Å². The Labute approximate surface area is 120 Å². The van der Waals surface area contributed by atoms with Gasteiger partial charge in [-0.05, 0) is 30.0 Å². The molecule has 1 aliphatic carbocycles. The average Bonchev–Trinajstić information content (AvgIpc) is 2.48. The van der Waals surface area contributed by atoms with Crippen LogP contribution in [0.2, 0.25) is 0 Å². The predicted octanol–water partition coefficient (Wildman–Crippen LogP) is 4.13. The monoisotopic (exact) mass is 279 g/mol. The molecule has 0 bridgehead atoms. The molecule has 1 aromatic carbocycles. The number of hydrogen-bond acceptors (Lipinski definition) is 1. The maximum Gasteiger partial charge on any atom is 0.251 e. The molecule has 0 unspecified atom stereocenters. The fourth-order valence-electron chi connectivity index (χ4n) is 2.71. The van der Waals surface area contributed by atoms with Gasteiger partial charge in [0.05, 0.1) is 0 Å². The smallest absolute Gasteiger partial charge is 0.251 e. The zero-order chi connectivity index (χ0) is 13.5. The number of benzene rings is 1. The van der Waals surface area contributed by atoms with E-state index in [-0.39, 0.29) is 5.91 Å². The van der Waals surface area contributed by atoms with E-state index in [0.29, 0.717) is 5.88 Å². The molecule has 3 heteroatoms. The average molecular weight is 280 g/mol. The number of rotatable bonds is 5. The van der Waals surface area contributed by atoms with Gasteiger partial charge < -0.3 is 5.32 Å². The second-order valence-electron chi connectivity index (χ2n) is 5.38. The first-order valence-corrected chi connectivity index (χ1v) is 7.76. The highest BCUT2D eigenvalue weighted by molar-refractivity contribution is 6.17. The van der Waals surface area contributed by atoms with Crippen molar-refractivity contribution in [3.63, 3.8) is 0 Å². The van der Waals surface area contributed by atoms with Gasteiger partial charge in [0, 0.05) is 18.0 Å². The van der Waals surface area contributed by atoms with Crippen molar-refractivity contribution >= 4 is 17.5 Å². The van der Waals surface area contributed by atoms with Crippen LogP contribution < -0.4 is 5.32 Å². The number of alkyl halides is 1. The van der Waals surface area contributed by atoms with Gasteiger partial charge in [-0.2, -0.15) is 0 Å². The SMILES string of the molecule is O=C(NCCC1CCCCC1)c1ccc(CCl)cc1. The molecule has 1 fully saturated rings. The van der Waals surface area contributed by atoms with Gasteiger partial charge in [-0.15, -0.1) is 11.6 Å². The second kappa shape index (κ2) is 7.54. The third-order valence-electron chi connectivity index (χ3n) is 3.93. The Kier molecular flexibility index (Phi) is 5.71. The Morgan fingerprint density at radius 2 is 1.84 bits per heavy atom. The Bertz CT molecular complexity index is 396. The number of halogens is 1. The molecule has 0 radical (unpaired) electrons. The molecule has 0 spiro atoms. The summed E-state index contributed by atoms with van der Waals surface area (Å²) in [6.45, 7) is 0.792. The Balaban J connectivity index is 1.73. The molecular weight excluding hydrogens is 258 g/mol. The molecule has 19 heavy (non-hydrogen) atoms. The van der Waals surface area contributed by atoms with E-state index < -0.39 is 0 Å². The van der Waals surface area contributed by atoms with Crippen molar-refractivity contribution in [2.45, 2.75) is 44.4 Å². The lowest BCUT2D eigenvalue weighted by atomic mass is 9.87. The number of amides is 1. The maximum absolute atomic E-state index is 11.9. The lowest BCUT2D eigenvalue weighted by molar-refractivity contribution is 0.0950. The minimum atomic E-state index is 0.0249. The van der Waals surface area contributed by atoms with Crippen LogP contribution in [0.5, 0.6) is 0 Å². The quantitative estimate of drug-likeness (QED) is 0.807. The summed E-state index contributed by atoms with van der Waals surface area (Å²) in [6.07, 6.45) is 7.89. The number of carbonyl (C=O) groups is 1. The summed E-state index contributed by atoms with van der Waals surface area (Å²) in [5.41, 5.74) is 1.76. The second-order valence-corrected chi connectivity index (χ2v) is 5.65. The van der Waals surface area contributed by atoms with E-state index in [0.717, 1.165) is 30.0 Å². The van der Waals surface area contributed by atoms with Gasteiger partial charge >= 0.3 is 0 Å². The van der Waals surface area contributed by atoms with Gasteiger partial charge in [-0.3, -0.25) is 4.79 Å². The lowest BCUT2D eigenvalue weighted by Gasteiger charge is -2.21. The van der Waals surface area contributed by atoms with Crippen LogP contribution in [0.25, 0.3) is 0 Å². The molecule has 2 nitrogen and oxygen atoms in total. The zero-order valence-corrected chi connectivity index (χ0v) is 12.1. The highest BCUT2D eigenvalue weighted by Gasteiger charge is 2.13. The van der Waals surface area contributed by atoms with E-state index in [4.69, 9.17) is 11.6 Å². The molecule has 2 rings (SSSR count). The van der Waals surface area contributed by atoms with Gasteiger partial charge in [-0.1, -0.05) is 44.2 Å². The van der Waals surface area contributed by atoms with Gasteiger partial charge in [-0.25, -0.2) is 0 Å². The van der Waals surface area contributed by atoms with Crippen LogP contribution in [0.4, 0.5) is 0 Å². The predicted molar refractivity (Wildman–Crippen MR) is 79.5 cm³/mol. The van der Waals surface area contributed by atoms with Gasteiger partial charge in [0.1, 0.15) is 0 Å². The van der Waals surface area contributed by atoms with Crippen molar-refractivity contribution in [1.29, 1.82) is 0 Å². The Morgan fingerprint density at radius 3 is 2.47 bits per heavy atom. The first-order valence-electron chi connectivity index (χ1n) is 7.22. The van der Waals surface area contributed by atoms with Gasteiger partial charge in [0.25, 0.3) is 5.91 Å². The standard InChI is InChI=1S/C16H22ClNO/c17-12-14-6-8-15(9-7-14)16(19)18-11-10-13-4-2-1-3-5-13/h6-9,13H,1-5,10-12H2,(H,18,19). The van der Waals surface area contributed by atoms with Crippen LogP contribution in [0.3, 0.4) is 0 Å². The van der Waals surface area contributed by atoms with E-state index in [1.54, 1.807) is 0 Å². The fraction of sp³-hybridized carbons (Fsp3) is 0.562. The lowest BCUT2D eigenvalue weighted by Crippen LogP contribution is -2.26. The maximum atomic E-state index is 11.9. The van der Waals surface area contributed by atoms with Crippen LogP contribution in [0, 0.1) is 5.92 Å². The first-order chi connectivity index (χ1) is 9.29. The molecule has 1 aromatic rings. The number of hydrogen-bond donors (Lipinski definition) is 1. The minimum absolute atomic E-state index is 0.0249. The highest BCUT2D eigenvalue weighted by atomic mass is 35.5. The Hall–Kier alpha value is -1.02. The van der Waals surface area contributed by atoms with Gasteiger partial charge in [0.2, 0.25) is 0 Å². The zero-order valence-electron chi connectivity index (χ0n) is 11.3. The van der Waals surface area contributed by atoms with Crippen LogP contribution in [-0.2, 0) is 5.88 Å². The van der Waals surface area contributed by atoms with Crippen LogP contribution in [0.15, 0.2) is 24.3 Å². The molecule has 0 saturated heterocycles. The first kappa shape index (κ1) is 14.4. The largest absolute Gasteiger partial charge is 0.352 e. The summed E-state index contributed by atoms with van der Waals surface area (Å²) >= 11 is 5.73. The van der Waals surface area contributed by atoms with E-state index in [9.17, 15) is 4.79 Å². The van der Waals surface area contributed by atoms with Crippen molar-refractivity contribution < 1.29 is 4.79 Å². The number of carbonyl (C=O) groups excluding carboxylic acids is 1. The van der Waals surface area contributed by atoms with E-state index >= 15 is 0 Å². The van der Waals surface area contributed by atoms with Crippen molar-refractivity contribution in [3.8, 4) is 0 Å². The molecule has 1 saturated carbocycles. The molecule has 1 N–H and O–H groups in total. The molecule has 0 aromatic heterocycles. The minimum Gasteiger partial charge on any atom is -0.352 e. The molecule has 0 heterocycles. The Morgan fingerprint density at radius 1 is 1.16 bits per heavy atom. The van der Waals surface area contributed by atoms with Crippen LogP contribution >= 0.6 is 11.6 Å². The summed E-state index contributed by atoms with van der Waals surface area (Å²) < 4.78 is 0. The van der Waals surface area contributed by atoms with Crippen molar-refractivity contribution in [2.24, 2.45) is 5.92 Å². The number of nitrogens with one attached hydrogen (secondary N) is 1. The summed E-state index contributed by atoms with van der Waals surface area (Å²) in [5, 5.41) is 3.01. The normalized spacial score (nSPS) is 16.3. The molecule has 0 aliphatic heterocycles. The van der Waals surface area contributed by atoms with Crippen LogP contribution in [-0.4, -0.2) is 12.5 Å². The van der Waals surface area contributed by atoms with E-state index in [1.807, 2.05) is 24.3 Å². The van der Waals surface area contributed by atoms with Crippen molar-refractivity contribution in [3.05, 3.63) is 35.4 Å². The summed E-state index contributed by atoms with van der Waals surface area (Å²) in [5.74, 6) is 1.33. The summed E-state index contributed by atoms with van der Waals surface area (Å²) in [6, 6.07) is 7.49. The van der Waals surface area contributed by atoms with Crippen molar-refractivity contribution in [1.82, 2.24) is 5.32 Å². The third kappa shape index (κ3) is 4.54. The molecule has 1 amide bonds. The molecule has 1 aliphatic rings. The molecule has 0 atom stereocenters. The highest BCUT2D eigenvalue weighted by Crippen LogP contribution is 2.25. The molecular formula is C16H22ClNO. The molecule has 104 valence electrons. The fourth-order valence-corrected chi connectivity index (χ4v) is 2.89. The van der Waals surface area contributed by atoms with E-state index in [1.165, 1.54) is 32.1 Å².